The number of nitrogens with zero attached hydrogens (tertiary/aromatic N) is 3. The monoisotopic (exact) mass is 793 g/mol. The summed E-state index contributed by atoms with van der Waals surface area (Å²) >= 11 is 0. The van der Waals surface area contributed by atoms with E-state index in [1.807, 2.05) is 91.0 Å². The number of para-hydroxylation sites is 1. The molecule has 1 aliphatic carbocycles. The van der Waals surface area contributed by atoms with E-state index in [9.17, 15) is 0 Å². The Balaban J connectivity index is 0.000000401. The van der Waals surface area contributed by atoms with Crippen LogP contribution in [0.2, 0.25) is 0 Å². The van der Waals surface area contributed by atoms with Crippen molar-refractivity contribution in [2.24, 2.45) is 4.99 Å². The molecule has 5 rings (SSSR count). The van der Waals surface area contributed by atoms with Gasteiger partial charge in [0.05, 0.1) is 6.54 Å². The fraction of sp³-hybridized carbons (Fsp3) is 0.302. The minimum Gasteiger partial charge on any atom is -0.656 e. The summed E-state index contributed by atoms with van der Waals surface area (Å²) in [5, 5.41) is 5.16. The summed E-state index contributed by atoms with van der Waals surface area (Å²) in [6, 6.07) is 36.2. The first kappa shape index (κ1) is 41.6. The van der Waals surface area contributed by atoms with E-state index >= 15 is 0 Å². The zero-order valence-electron chi connectivity index (χ0n) is 29.6. The fourth-order valence-electron chi connectivity index (χ4n) is 4.60. The van der Waals surface area contributed by atoms with Gasteiger partial charge in [-0.2, -0.15) is 73.9 Å². The van der Waals surface area contributed by atoms with E-state index in [4.69, 9.17) is 10.3 Å². The number of hydrogen-bond donors (Lipinski definition) is 0. The largest absolute Gasteiger partial charge is 0.656 e. The van der Waals surface area contributed by atoms with Gasteiger partial charge in [-0.15, -0.1) is 47.8 Å². The van der Waals surface area contributed by atoms with Gasteiger partial charge in [0.25, 0.3) is 0 Å². The van der Waals surface area contributed by atoms with Gasteiger partial charge in [-0.25, -0.2) is 0 Å². The molecular weight excluding hydrogens is 737 g/mol. The predicted octanol–water partition coefficient (Wildman–Crippen LogP) is 11.6. The van der Waals surface area contributed by atoms with Crippen LogP contribution in [0, 0.1) is 20.8 Å². The molecule has 0 bridgehead atoms. The Morgan fingerprint density at radius 2 is 1.09 bits per heavy atom. The molecule has 0 atom stereocenters. The van der Waals surface area contributed by atoms with Crippen LogP contribution >= 0.6 is 0 Å². The third-order valence-electron chi connectivity index (χ3n) is 7.20. The average molecular weight is 792 g/mol. The maximum Gasteiger partial charge on any atom is 0.0519 e. The first-order chi connectivity index (χ1) is 22.1. The number of benzene rings is 4. The molecule has 4 heteroatoms. The molecule has 0 unspecified atom stereocenters. The Bertz CT molecular complexity index is 1310. The van der Waals surface area contributed by atoms with Gasteiger partial charge >= 0.3 is 0 Å². The molecule has 0 N–H and O–H groups in total. The van der Waals surface area contributed by atoms with Crippen LogP contribution in [0.3, 0.4) is 0 Å². The number of likely N-dealkylation sites (N-methyl/N-ethyl adjacent to an activating group) is 1. The zero-order chi connectivity index (χ0) is 33.7. The Labute approximate surface area is 306 Å². The van der Waals surface area contributed by atoms with Crippen LogP contribution in [0.1, 0.15) is 86.6 Å². The second kappa shape index (κ2) is 23.8. The molecule has 0 radical (unpaired) electrons. The second-order valence-corrected chi connectivity index (χ2v) is 12.3. The van der Waals surface area contributed by atoms with Gasteiger partial charge < -0.3 is 10.2 Å². The molecule has 0 saturated heterocycles. The first-order valence-corrected chi connectivity index (χ1v) is 16.4. The van der Waals surface area contributed by atoms with Gasteiger partial charge in [-0.3, -0.25) is 4.99 Å². The number of hydrogen-bond acceptors (Lipinski definition) is 2. The quantitative estimate of drug-likeness (QED) is 0.135. The molecule has 0 fully saturated rings. The summed E-state index contributed by atoms with van der Waals surface area (Å²) < 4.78 is 0. The summed E-state index contributed by atoms with van der Waals surface area (Å²) in [7, 11) is 4.19. The number of aliphatic imine (C=N–C) groups is 1. The van der Waals surface area contributed by atoms with Gasteiger partial charge in [-0.1, -0.05) is 81.3 Å². The maximum absolute atomic E-state index is 5.16. The van der Waals surface area contributed by atoms with Crippen molar-refractivity contribution in [2.75, 3.05) is 27.2 Å². The van der Waals surface area contributed by atoms with E-state index in [1.165, 1.54) is 28.9 Å². The van der Waals surface area contributed by atoms with Crippen molar-refractivity contribution in [1.82, 2.24) is 4.90 Å². The fourth-order valence-corrected chi connectivity index (χ4v) is 4.60. The van der Waals surface area contributed by atoms with Crippen LogP contribution in [-0.2, 0) is 25.8 Å². The smallest absolute Gasteiger partial charge is 0.0519 e. The molecule has 3 nitrogen and oxygen atoms in total. The summed E-state index contributed by atoms with van der Waals surface area (Å²) in [5.74, 6) is 0.937. The molecule has 0 aliphatic heterocycles. The molecule has 47 heavy (non-hydrogen) atoms. The summed E-state index contributed by atoms with van der Waals surface area (Å²) in [6.45, 7) is 22.0. The van der Waals surface area contributed by atoms with Crippen LogP contribution in [0.5, 0.6) is 0 Å². The minimum atomic E-state index is 0. The molecule has 0 aromatic heterocycles. The van der Waals surface area contributed by atoms with Gasteiger partial charge in [0.1, 0.15) is 0 Å². The Kier molecular flexibility index (Phi) is 21.0. The van der Waals surface area contributed by atoms with Crippen LogP contribution in [0.15, 0.2) is 126 Å². The summed E-state index contributed by atoms with van der Waals surface area (Å²) in [6.07, 6.45) is 5.61. The van der Waals surface area contributed by atoms with Gasteiger partial charge in [0.2, 0.25) is 0 Å². The van der Waals surface area contributed by atoms with E-state index in [-0.39, 0.29) is 25.8 Å². The Morgan fingerprint density at radius 3 is 1.43 bits per heavy atom. The van der Waals surface area contributed by atoms with E-state index in [2.05, 4.69) is 91.7 Å². The van der Waals surface area contributed by atoms with Gasteiger partial charge in [0.15, 0.2) is 0 Å². The van der Waals surface area contributed by atoms with E-state index < -0.39 is 0 Å². The zero-order valence-corrected chi connectivity index (χ0v) is 33.2. The molecule has 4 aromatic rings. The molecule has 250 valence electrons. The molecule has 0 amide bonds. The Morgan fingerprint density at radius 1 is 0.660 bits per heavy atom. The van der Waals surface area contributed by atoms with E-state index in [0.29, 0.717) is 11.8 Å². The van der Waals surface area contributed by atoms with Crippen LogP contribution < -0.4 is 0 Å². The first-order valence-electron chi connectivity index (χ1n) is 16.4. The van der Waals surface area contributed by atoms with Crippen molar-refractivity contribution in [3.05, 3.63) is 175 Å². The topological polar surface area (TPSA) is 29.7 Å². The molecular formula is C43H55HfN3-4. The van der Waals surface area contributed by atoms with Crippen molar-refractivity contribution in [3.8, 4) is 0 Å². The van der Waals surface area contributed by atoms with Crippen molar-refractivity contribution in [2.45, 2.75) is 58.8 Å². The number of allylic oxidation sites excluding steroid dienone is 2. The minimum absolute atomic E-state index is 0. The second-order valence-electron chi connectivity index (χ2n) is 12.3. The molecule has 1 aliphatic rings. The molecule has 0 spiro atoms. The molecule has 0 saturated carbocycles. The van der Waals surface area contributed by atoms with E-state index in [1.54, 1.807) is 0 Å². The van der Waals surface area contributed by atoms with E-state index in [0.717, 1.165) is 48.3 Å². The number of rotatable bonds is 7. The standard InChI is InChI=1S/C22H34N3.3C7H7.Hf/c1-16(2)18-10-9-11-19(17(3)4)22(18)24-21-13-8-7-12-20(21)23-14-15-25(5)6;3*1-7-5-3-2-4-6-7;/h9-11,13,16-17H,7-8,12,14-15H2,1-6H3;3*2-6H,1H2;/q4*-1;. The average Bonchev–Trinajstić information content (AvgIpc) is 3.04. The summed E-state index contributed by atoms with van der Waals surface area (Å²) in [5.41, 5.74) is 9.34. The Hall–Kier alpha value is -3.47. The molecule has 4 aromatic carbocycles. The van der Waals surface area contributed by atoms with Crippen molar-refractivity contribution >= 4 is 11.4 Å². The van der Waals surface area contributed by atoms with Crippen LogP contribution in [-0.4, -0.2) is 37.8 Å². The van der Waals surface area contributed by atoms with Crippen LogP contribution in [0.4, 0.5) is 5.69 Å². The van der Waals surface area contributed by atoms with Crippen molar-refractivity contribution in [3.63, 3.8) is 0 Å². The third-order valence-corrected chi connectivity index (χ3v) is 7.20. The summed E-state index contributed by atoms with van der Waals surface area (Å²) in [4.78, 5) is 7.04. The normalized spacial score (nSPS) is 12.8. The molecule has 0 heterocycles. The van der Waals surface area contributed by atoms with Crippen molar-refractivity contribution in [1.29, 1.82) is 0 Å². The van der Waals surface area contributed by atoms with Crippen molar-refractivity contribution < 1.29 is 25.8 Å². The van der Waals surface area contributed by atoms with Crippen LogP contribution in [0.25, 0.3) is 5.32 Å². The SMILES string of the molecule is CC(C)c1cccc(C(C)C)c1[N-]C1=CCCCC1=NCCN(C)C.[CH2-]c1ccccc1.[CH2-]c1ccccc1.[CH2-]c1ccccc1.[Hf]. The third kappa shape index (κ3) is 17.3. The maximum atomic E-state index is 5.16. The predicted molar refractivity (Wildman–Crippen MR) is 203 cm³/mol. The van der Waals surface area contributed by atoms with Gasteiger partial charge in [-0.05, 0) is 45.2 Å². The van der Waals surface area contributed by atoms with Gasteiger partial charge in [0, 0.05) is 38.1 Å².